The molecule has 2 saturated heterocycles. The molecule has 1 aromatic heterocycles. The van der Waals surface area contributed by atoms with Gasteiger partial charge in [0.25, 0.3) is 5.95 Å². The molecule has 0 bridgehead atoms. The summed E-state index contributed by atoms with van der Waals surface area (Å²) in [5.41, 5.74) is 0.565. The quantitative estimate of drug-likeness (QED) is 0.920. The minimum atomic E-state index is 0.565. The second-order valence-electron chi connectivity index (χ2n) is 6.33. The molecule has 112 valence electrons. The van der Waals surface area contributed by atoms with E-state index in [0.29, 0.717) is 5.41 Å². The molecule has 1 aromatic rings. The number of hydrogen-bond donors (Lipinski definition) is 1. The summed E-state index contributed by atoms with van der Waals surface area (Å²) in [4.78, 5) is 6.85. The van der Waals surface area contributed by atoms with Crippen molar-refractivity contribution in [3.8, 4) is 0 Å². The average Bonchev–Trinajstić information content (AvgIpc) is 2.84. The first-order valence-electron chi connectivity index (χ1n) is 8.10. The molecule has 0 radical (unpaired) electrons. The van der Waals surface area contributed by atoms with E-state index in [9.17, 15) is 0 Å². The van der Waals surface area contributed by atoms with Gasteiger partial charge in [-0.15, -0.1) is 0 Å². The molecule has 0 aliphatic carbocycles. The van der Waals surface area contributed by atoms with Crippen LogP contribution in [0.2, 0.25) is 0 Å². The summed E-state index contributed by atoms with van der Waals surface area (Å²) >= 11 is 0. The van der Waals surface area contributed by atoms with E-state index in [2.05, 4.69) is 27.3 Å². The van der Waals surface area contributed by atoms with E-state index in [1.54, 1.807) is 0 Å². The van der Waals surface area contributed by atoms with Crippen LogP contribution >= 0.6 is 0 Å². The molecule has 20 heavy (non-hydrogen) atoms. The van der Waals surface area contributed by atoms with E-state index < -0.39 is 0 Å². The summed E-state index contributed by atoms with van der Waals surface area (Å²) in [7, 11) is 0. The van der Waals surface area contributed by atoms with Gasteiger partial charge in [0.15, 0.2) is 0 Å². The normalized spacial score (nSPS) is 22.9. The molecule has 0 atom stereocenters. The molecule has 0 aromatic carbocycles. The van der Waals surface area contributed by atoms with Gasteiger partial charge in [0.1, 0.15) is 0 Å². The fourth-order valence-electron chi connectivity index (χ4n) is 3.60. The molecule has 0 saturated carbocycles. The summed E-state index contributed by atoms with van der Waals surface area (Å²) in [6.45, 7) is 6.65. The van der Waals surface area contributed by atoms with Crippen molar-refractivity contribution in [3.05, 3.63) is 5.89 Å². The van der Waals surface area contributed by atoms with Gasteiger partial charge < -0.3 is 14.7 Å². The molecule has 5 heteroatoms. The van der Waals surface area contributed by atoms with Crippen molar-refractivity contribution in [2.24, 2.45) is 5.41 Å². The summed E-state index contributed by atoms with van der Waals surface area (Å²) in [5.74, 6) is 1.59. The zero-order chi connectivity index (χ0) is 13.8. The minimum absolute atomic E-state index is 0.565. The second kappa shape index (κ2) is 6.12. The van der Waals surface area contributed by atoms with Crippen LogP contribution < -0.4 is 10.2 Å². The number of piperidine rings is 1. The first-order valence-corrected chi connectivity index (χ1v) is 8.10. The molecule has 1 spiro atoms. The first-order chi connectivity index (χ1) is 9.81. The van der Waals surface area contributed by atoms with Crippen molar-refractivity contribution in [2.45, 2.75) is 51.9 Å². The van der Waals surface area contributed by atoms with Gasteiger partial charge in [0.2, 0.25) is 5.89 Å². The van der Waals surface area contributed by atoms with E-state index in [-0.39, 0.29) is 0 Å². The maximum Gasteiger partial charge on any atom is 0.266 e. The van der Waals surface area contributed by atoms with Gasteiger partial charge >= 0.3 is 0 Å². The Morgan fingerprint density at radius 2 is 2.05 bits per heavy atom. The van der Waals surface area contributed by atoms with Crippen LogP contribution in [0.25, 0.3) is 0 Å². The molecular weight excluding hydrogens is 252 g/mol. The van der Waals surface area contributed by atoms with Gasteiger partial charge in [-0.1, -0.05) is 6.92 Å². The summed E-state index contributed by atoms with van der Waals surface area (Å²) in [5, 5.41) is 7.64. The third kappa shape index (κ3) is 2.97. The number of anilines is 1. The monoisotopic (exact) mass is 278 g/mol. The molecule has 5 nitrogen and oxygen atoms in total. The number of hydrogen-bond acceptors (Lipinski definition) is 5. The highest BCUT2D eigenvalue weighted by molar-refractivity contribution is 5.28. The Bertz CT molecular complexity index is 425. The van der Waals surface area contributed by atoms with Crippen molar-refractivity contribution >= 4 is 5.95 Å². The van der Waals surface area contributed by atoms with Crippen LogP contribution in [-0.2, 0) is 6.42 Å². The highest BCUT2D eigenvalue weighted by Crippen LogP contribution is 2.39. The van der Waals surface area contributed by atoms with E-state index in [1.165, 1.54) is 45.2 Å². The Morgan fingerprint density at radius 3 is 2.85 bits per heavy atom. The maximum absolute atomic E-state index is 5.32. The fourth-order valence-corrected chi connectivity index (χ4v) is 3.60. The highest BCUT2D eigenvalue weighted by Gasteiger charge is 2.34. The molecular formula is C15H26N4O. The maximum atomic E-state index is 5.32. The van der Waals surface area contributed by atoms with Crippen molar-refractivity contribution in [1.82, 2.24) is 15.5 Å². The molecule has 3 rings (SSSR count). The molecule has 0 unspecified atom stereocenters. The Labute approximate surface area is 121 Å². The molecule has 2 aliphatic heterocycles. The van der Waals surface area contributed by atoms with E-state index in [4.69, 9.17) is 4.52 Å². The van der Waals surface area contributed by atoms with Crippen LogP contribution in [0.1, 0.15) is 51.3 Å². The van der Waals surface area contributed by atoms with E-state index in [1.807, 2.05) is 0 Å². The number of nitrogens with zero attached hydrogens (tertiary/aromatic N) is 3. The van der Waals surface area contributed by atoms with Crippen LogP contribution in [-0.4, -0.2) is 36.3 Å². The number of aryl methyl sites for hydroxylation is 1. The third-order valence-corrected chi connectivity index (χ3v) is 4.92. The molecule has 2 fully saturated rings. The van der Waals surface area contributed by atoms with Gasteiger partial charge in [0, 0.05) is 19.5 Å². The molecule has 1 N–H and O–H groups in total. The molecule has 2 aliphatic rings. The van der Waals surface area contributed by atoms with Crippen molar-refractivity contribution < 1.29 is 4.52 Å². The summed E-state index contributed by atoms with van der Waals surface area (Å²) < 4.78 is 5.32. The lowest BCUT2D eigenvalue weighted by molar-refractivity contribution is 0.178. The largest absolute Gasteiger partial charge is 0.338 e. The lowest BCUT2D eigenvalue weighted by Gasteiger charge is -2.36. The van der Waals surface area contributed by atoms with Gasteiger partial charge in [-0.05, 0) is 62.2 Å². The Balaban J connectivity index is 1.64. The zero-order valence-corrected chi connectivity index (χ0v) is 12.5. The van der Waals surface area contributed by atoms with Crippen LogP contribution in [0.3, 0.4) is 0 Å². The van der Waals surface area contributed by atoms with Crippen LogP contribution in [0.5, 0.6) is 0 Å². The highest BCUT2D eigenvalue weighted by atomic mass is 16.5. The SMILES string of the molecule is CCCc1nc(N2CCCC3(CCNCC3)CC2)no1. The topological polar surface area (TPSA) is 54.2 Å². The van der Waals surface area contributed by atoms with Crippen molar-refractivity contribution in [1.29, 1.82) is 0 Å². The van der Waals surface area contributed by atoms with Crippen molar-refractivity contribution in [3.63, 3.8) is 0 Å². The predicted octanol–water partition coefficient (Wildman–Crippen LogP) is 2.38. The first kappa shape index (κ1) is 13.9. The Kier molecular flexibility index (Phi) is 4.24. The number of nitrogens with one attached hydrogen (secondary N) is 1. The average molecular weight is 278 g/mol. The predicted molar refractivity (Wildman–Crippen MR) is 78.9 cm³/mol. The van der Waals surface area contributed by atoms with Crippen LogP contribution in [0, 0.1) is 5.41 Å². The van der Waals surface area contributed by atoms with E-state index >= 15 is 0 Å². The van der Waals surface area contributed by atoms with Gasteiger partial charge in [0.05, 0.1) is 0 Å². The van der Waals surface area contributed by atoms with Gasteiger partial charge in [-0.2, -0.15) is 4.98 Å². The van der Waals surface area contributed by atoms with Crippen LogP contribution in [0.4, 0.5) is 5.95 Å². The number of rotatable bonds is 3. The van der Waals surface area contributed by atoms with Gasteiger partial charge in [-0.3, -0.25) is 0 Å². The van der Waals surface area contributed by atoms with Crippen molar-refractivity contribution in [2.75, 3.05) is 31.1 Å². The lowest BCUT2D eigenvalue weighted by atomic mass is 9.73. The van der Waals surface area contributed by atoms with E-state index in [0.717, 1.165) is 37.8 Å². The number of aromatic nitrogens is 2. The lowest BCUT2D eigenvalue weighted by Crippen LogP contribution is -2.37. The standard InChI is InChI=1S/C15H26N4O/c1-2-4-13-17-14(18-20-13)19-11-3-5-15(8-12-19)6-9-16-10-7-15/h16H,2-12H2,1H3. The summed E-state index contributed by atoms with van der Waals surface area (Å²) in [6.07, 6.45) is 8.46. The minimum Gasteiger partial charge on any atom is -0.338 e. The van der Waals surface area contributed by atoms with Gasteiger partial charge in [-0.25, -0.2) is 0 Å². The Morgan fingerprint density at radius 1 is 1.20 bits per heavy atom. The molecule has 0 amide bonds. The third-order valence-electron chi connectivity index (χ3n) is 4.92. The molecule has 3 heterocycles. The smallest absolute Gasteiger partial charge is 0.266 e. The second-order valence-corrected chi connectivity index (χ2v) is 6.33. The fraction of sp³-hybridized carbons (Fsp3) is 0.867. The van der Waals surface area contributed by atoms with Crippen LogP contribution in [0.15, 0.2) is 4.52 Å². The Hall–Kier alpha value is -1.10. The summed E-state index contributed by atoms with van der Waals surface area (Å²) in [6, 6.07) is 0. The zero-order valence-electron chi connectivity index (χ0n) is 12.5.